The van der Waals surface area contributed by atoms with Crippen LogP contribution < -0.4 is 10.5 Å². The van der Waals surface area contributed by atoms with Crippen LogP contribution in [0.5, 0.6) is 0 Å². The molecule has 104 valence electrons. The highest BCUT2D eigenvalue weighted by molar-refractivity contribution is 7.89. The first-order valence-electron chi connectivity index (χ1n) is 5.80. The van der Waals surface area contributed by atoms with Gasteiger partial charge in [-0.15, -0.1) is 0 Å². The molecule has 0 saturated carbocycles. The normalized spacial score (nSPS) is 10.8. The Labute approximate surface area is 117 Å². The van der Waals surface area contributed by atoms with E-state index in [2.05, 4.69) is 26.2 Å². The second-order valence-corrected chi connectivity index (χ2v) is 5.62. The molecule has 20 heavy (non-hydrogen) atoms. The molecule has 0 aliphatic carbocycles. The summed E-state index contributed by atoms with van der Waals surface area (Å²) >= 11 is 0. The smallest absolute Gasteiger partial charge is 0.240 e. The van der Waals surface area contributed by atoms with Crippen LogP contribution in [0.1, 0.15) is 11.3 Å². The third kappa shape index (κ3) is 3.68. The molecule has 2 rings (SSSR count). The number of hydrogen-bond acceptors (Lipinski definition) is 5. The number of aromatic nitrogens is 1. The quantitative estimate of drug-likeness (QED) is 0.798. The molecule has 0 radical (unpaired) electrons. The van der Waals surface area contributed by atoms with Crippen LogP contribution >= 0.6 is 0 Å². The fraction of sp³-hybridized carbons (Fsp3) is 0.154. The van der Waals surface area contributed by atoms with Crippen molar-refractivity contribution in [3.8, 4) is 11.8 Å². The highest BCUT2D eigenvalue weighted by Crippen LogP contribution is 2.11. The van der Waals surface area contributed by atoms with E-state index in [1.807, 2.05) is 0 Å². The first-order valence-corrected chi connectivity index (χ1v) is 7.28. The Kier molecular flexibility index (Phi) is 4.53. The molecule has 3 N–H and O–H groups in total. The van der Waals surface area contributed by atoms with Gasteiger partial charge in [-0.1, -0.05) is 23.1 Å². The van der Waals surface area contributed by atoms with E-state index in [-0.39, 0.29) is 18.0 Å². The van der Waals surface area contributed by atoms with Crippen LogP contribution in [0.4, 0.5) is 0 Å². The summed E-state index contributed by atoms with van der Waals surface area (Å²) in [5.41, 5.74) is 6.39. The van der Waals surface area contributed by atoms with Crippen molar-refractivity contribution in [2.24, 2.45) is 5.73 Å². The Bertz CT molecular complexity index is 728. The number of rotatable bonds is 4. The van der Waals surface area contributed by atoms with Gasteiger partial charge in [-0.25, -0.2) is 13.1 Å². The van der Waals surface area contributed by atoms with Gasteiger partial charge in [0.05, 0.1) is 23.7 Å². The predicted molar refractivity (Wildman–Crippen MR) is 72.9 cm³/mol. The summed E-state index contributed by atoms with van der Waals surface area (Å²) in [4.78, 5) is 0.143. The largest absolute Gasteiger partial charge is 0.364 e. The summed E-state index contributed by atoms with van der Waals surface area (Å²) in [6.07, 6.45) is 1.38. The Morgan fingerprint density at radius 1 is 1.35 bits per heavy atom. The molecule has 1 aromatic heterocycles. The summed E-state index contributed by atoms with van der Waals surface area (Å²) in [5.74, 6) is 5.47. The third-order valence-electron chi connectivity index (χ3n) is 2.41. The van der Waals surface area contributed by atoms with Crippen molar-refractivity contribution in [2.45, 2.75) is 11.4 Å². The second-order valence-electron chi connectivity index (χ2n) is 3.85. The van der Waals surface area contributed by atoms with Gasteiger partial charge in [0, 0.05) is 11.6 Å². The Balaban J connectivity index is 2.16. The predicted octanol–water partition coefficient (Wildman–Crippen LogP) is 0.463. The van der Waals surface area contributed by atoms with E-state index in [1.54, 1.807) is 18.2 Å². The van der Waals surface area contributed by atoms with E-state index < -0.39 is 10.0 Å². The summed E-state index contributed by atoms with van der Waals surface area (Å²) in [7, 11) is -3.61. The van der Waals surface area contributed by atoms with Crippen molar-refractivity contribution < 1.29 is 12.9 Å². The lowest BCUT2D eigenvalue weighted by atomic mass is 10.2. The van der Waals surface area contributed by atoms with Gasteiger partial charge >= 0.3 is 0 Å². The summed E-state index contributed by atoms with van der Waals surface area (Å²) in [5, 5.41) is 3.63. The van der Waals surface area contributed by atoms with Gasteiger partial charge in [0.25, 0.3) is 0 Å². The molecule has 0 aliphatic heterocycles. The highest BCUT2D eigenvalue weighted by Gasteiger charge is 2.14. The average Bonchev–Trinajstić information content (AvgIpc) is 2.97. The van der Waals surface area contributed by atoms with Crippen LogP contribution in [0.3, 0.4) is 0 Å². The highest BCUT2D eigenvalue weighted by atomic mass is 32.2. The van der Waals surface area contributed by atoms with Gasteiger partial charge in [-0.3, -0.25) is 0 Å². The molecular formula is C13H13N3O3S. The van der Waals surface area contributed by atoms with Crippen molar-refractivity contribution in [2.75, 3.05) is 6.54 Å². The zero-order valence-electron chi connectivity index (χ0n) is 10.5. The van der Waals surface area contributed by atoms with E-state index in [1.165, 1.54) is 18.4 Å². The number of hydrogen-bond donors (Lipinski definition) is 2. The third-order valence-corrected chi connectivity index (χ3v) is 3.81. The van der Waals surface area contributed by atoms with Crippen LogP contribution in [-0.2, 0) is 16.6 Å². The maximum absolute atomic E-state index is 12.1. The van der Waals surface area contributed by atoms with Gasteiger partial charge < -0.3 is 10.3 Å². The first kappa shape index (κ1) is 14.3. The number of sulfonamides is 1. The van der Waals surface area contributed by atoms with Crippen molar-refractivity contribution in [1.82, 2.24) is 9.88 Å². The van der Waals surface area contributed by atoms with E-state index in [0.29, 0.717) is 11.3 Å². The van der Waals surface area contributed by atoms with Crippen LogP contribution in [0.15, 0.2) is 46.0 Å². The van der Waals surface area contributed by atoms with Crippen molar-refractivity contribution >= 4 is 10.0 Å². The molecule has 0 atom stereocenters. The molecule has 0 bridgehead atoms. The zero-order valence-corrected chi connectivity index (χ0v) is 11.4. The van der Waals surface area contributed by atoms with Crippen molar-refractivity contribution in [3.05, 3.63) is 47.9 Å². The summed E-state index contributed by atoms with van der Waals surface area (Å²) in [6, 6.07) is 7.93. The SMILES string of the molecule is NCC#Cc1cccc(S(=O)(=O)NCc2ccon2)c1. The summed E-state index contributed by atoms with van der Waals surface area (Å²) < 4.78 is 31.3. The topological polar surface area (TPSA) is 98.2 Å². The molecule has 7 heteroatoms. The standard InChI is InChI=1S/C13H13N3O3S/c14-7-2-4-11-3-1-5-13(9-11)20(17,18)15-10-12-6-8-19-16-12/h1,3,5-6,8-9,15H,7,10,14H2. The molecule has 0 unspecified atom stereocenters. The van der Waals surface area contributed by atoms with Crippen molar-refractivity contribution in [3.63, 3.8) is 0 Å². The fourth-order valence-electron chi connectivity index (χ4n) is 1.48. The van der Waals surface area contributed by atoms with E-state index in [9.17, 15) is 8.42 Å². The first-order chi connectivity index (χ1) is 9.62. The van der Waals surface area contributed by atoms with Crippen LogP contribution in [0.2, 0.25) is 0 Å². The number of nitrogens with one attached hydrogen (secondary N) is 1. The minimum Gasteiger partial charge on any atom is -0.364 e. The molecule has 6 nitrogen and oxygen atoms in total. The van der Waals surface area contributed by atoms with Crippen LogP contribution in [0.25, 0.3) is 0 Å². The Hall–Kier alpha value is -2.14. The second kappa shape index (κ2) is 6.34. The lowest BCUT2D eigenvalue weighted by Crippen LogP contribution is -2.23. The van der Waals surface area contributed by atoms with E-state index >= 15 is 0 Å². The lowest BCUT2D eigenvalue weighted by molar-refractivity contribution is 0.411. The van der Waals surface area contributed by atoms with E-state index in [4.69, 9.17) is 5.73 Å². The monoisotopic (exact) mass is 291 g/mol. The molecule has 1 heterocycles. The minimum absolute atomic E-state index is 0.0670. The number of nitrogens with two attached hydrogens (primary N) is 1. The van der Waals surface area contributed by atoms with E-state index in [0.717, 1.165) is 0 Å². The molecule has 0 fully saturated rings. The Morgan fingerprint density at radius 3 is 2.90 bits per heavy atom. The van der Waals surface area contributed by atoms with Gasteiger partial charge in [0.15, 0.2) is 0 Å². The molecule has 2 aromatic rings. The number of benzene rings is 1. The van der Waals surface area contributed by atoms with Gasteiger partial charge in [0.2, 0.25) is 10.0 Å². The zero-order chi connectivity index (χ0) is 14.4. The number of nitrogens with zero attached hydrogens (tertiary/aromatic N) is 1. The Morgan fingerprint density at radius 2 is 2.20 bits per heavy atom. The lowest BCUT2D eigenvalue weighted by Gasteiger charge is -2.05. The molecule has 0 spiro atoms. The minimum atomic E-state index is -3.61. The van der Waals surface area contributed by atoms with Crippen molar-refractivity contribution in [1.29, 1.82) is 0 Å². The maximum Gasteiger partial charge on any atom is 0.240 e. The average molecular weight is 291 g/mol. The van der Waals surface area contributed by atoms with Crippen LogP contribution in [-0.4, -0.2) is 20.1 Å². The molecule has 0 saturated heterocycles. The fourth-order valence-corrected chi connectivity index (χ4v) is 2.52. The molecule has 1 aromatic carbocycles. The molecular weight excluding hydrogens is 278 g/mol. The summed E-state index contributed by atoms with van der Waals surface area (Å²) in [6.45, 7) is 0.291. The molecule has 0 aliphatic rings. The van der Waals surface area contributed by atoms with Gasteiger partial charge in [0.1, 0.15) is 6.26 Å². The maximum atomic E-state index is 12.1. The van der Waals surface area contributed by atoms with Crippen LogP contribution in [0, 0.1) is 11.8 Å². The molecule has 0 amide bonds. The van der Waals surface area contributed by atoms with Gasteiger partial charge in [-0.2, -0.15) is 0 Å². The van der Waals surface area contributed by atoms with Gasteiger partial charge in [-0.05, 0) is 18.2 Å².